The molecule has 1 fully saturated rings. The third kappa shape index (κ3) is 4.29. The Hall–Kier alpha value is -3.36. The average molecular weight is 400 g/mol. The first-order valence-corrected chi connectivity index (χ1v) is 10.3. The van der Waals surface area contributed by atoms with Crippen molar-refractivity contribution in [2.45, 2.75) is 44.4 Å². The van der Waals surface area contributed by atoms with Crippen molar-refractivity contribution in [3.8, 4) is 22.9 Å². The predicted molar refractivity (Wildman–Crippen MR) is 115 cm³/mol. The highest BCUT2D eigenvalue weighted by atomic mass is 16.5. The van der Waals surface area contributed by atoms with Gasteiger partial charge in [0.25, 0.3) is 5.56 Å². The number of aliphatic hydroxyl groups excluding tert-OH is 1. The van der Waals surface area contributed by atoms with Gasteiger partial charge >= 0.3 is 0 Å². The minimum atomic E-state index is -0.467. The molecule has 4 rings (SSSR count). The van der Waals surface area contributed by atoms with Gasteiger partial charge in [-0.3, -0.25) is 4.79 Å². The fourth-order valence-corrected chi connectivity index (χ4v) is 4.02. The van der Waals surface area contributed by atoms with Gasteiger partial charge in [0.05, 0.1) is 23.8 Å². The highest BCUT2D eigenvalue weighted by molar-refractivity contribution is 5.69. The van der Waals surface area contributed by atoms with Gasteiger partial charge in [0, 0.05) is 17.8 Å². The molecule has 5 heteroatoms. The van der Waals surface area contributed by atoms with Gasteiger partial charge in [-0.1, -0.05) is 43.2 Å². The van der Waals surface area contributed by atoms with E-state index in [4.69, 9.17) is 10.00 Å². The number of ether oxygens (including phenoxy) is 1. The first-order chi connectivity index (χ1) is 14.7. The molecule has 1 aliphatic rings. The minimum absolute atomic E-state index is 0.111. The lowest BCUT2D eigenvalue weighted by molar-refractivity contribution is 0.0738. The van der Waals surface area contributed by atoms with Crippen LogP contribution in [0, 0.1) is 11.3 Å². The fourth-order valence-electron chi connectivity index (χ4n) is 4.02. The monoisotopic (exact) mass is 400 g/mol. The van der Waals surface area contributed by atoms with Crippen LogP contribution in [-0.2, 0) is 6.61 Å². The van der Waals surface area contributed by atoms with Gasteiger partial charge in [-0.05, 0) is 48.2 Å². The molecule has 0 spiro atoms. The Balaban J connectivity index is 1.56. The Morgan fingerprint density at radius 1 is 1.07 bits per heavy atom. The van der Waals surface area contributed by atoms with E-state index in [0.29, 0.717) is 17.9 Å². The van der Waals surface area contributed by atoms with Gasteiger partial charge in [0.1, 0.15) is 12.4 Å². The highest BCUT2D eigenvalue weighted by Crippen LogP contribution is 2.31. The van der Waals surface area contributed by atoms with Crippen molar-refractivity contribution in [1.82, 2.24) is 4.57 Å². The number of aromatic nitrogens is 1. The van der Waals surface area contributed by atoms with E-state index < -0.39 is 6.10 Å². The van der Waals surface area contributed by atoms with Crippen molar-refractivity contribution in [3.63, 3.8) is 0 Å². The quantitative estimate of drug-likeness (QED) is 0.687. The van der Waals surface area contributed by atoms with Crippen LogP contribution in [0.5, 0.6) is 5.75 Å². The molecule has 0 radical (unpaired) electrons. The Bertz CT molecular complexity index is 1110. The average Bonchev–Trinajstić information content (AvgIpc) is 2.79. The minimum Gasteiger partial charge on any atom is -0.488 e. The van der Waals surface area contributed by atoms with Gasteiger partial charge in [0.2, 0.25) is 0 Å². The summed E-state index contributed by atoms with van der Waals surface area (Å²) in [6.45, 7) is 0.369. The van der Waals surface area contributed by atoms with Crippen LogP contribution >= 0.6 is 0 Å². The molecule has 1 N–H and O–H groups in total. The Kier molecular flexibility index (Phi) is 5.97. The van der Waals surface area contributed by atoms with Gasteiger partial charge in [-0.25, -0.2) is 0 Å². The molecule has 0 amide bonds. The molecule has 1 aromatic heterocycles. The van der Waals surface area contributed by atoms with E-state index in [1.54, 1.807) is 29.0 Å². The molecular formula is C25H24N2O3. The lowest BCUT2D eigenvalue weighted by Crippen LogP contribution is -2.34. The van der Waals surface area contributed by atoms with Crippen LogP contribution in [0.25, 0.3) is 11.1 Å². The fraction of sp³-hybridized carbons (Fsp3) is 0.280. The maximum Gasteiger partial charge on any atom is 0.251 e. The van der Waals surface area contributed by atoms with Crippen LogP contribution in [-0.4, -0.2) is 15.8 Å². The molecule has 0 aliphatic heterocycles. The molecule has 2 aromatic carbocycles. The number of pyridine rings is 1. The van der Waals surface area contributed by atoms with E-state index in [1.807, 2.05) is 42.5 Å². The van der Waals surface area contributed by atoms with Crippen LogP contribution < -0.4 is 10.3 Å². The van der Waals surface area contributed by atoms with Crippen molar-refractivity contribution in [2.75, 3.05) is 0 Å². The van der Waals surface area contributed by atoms with E-state index >= 15 is 0 Å². The standard InChI is InChI=1S/C25H24N2O3/c26-16-18-9-11-19(12-10-18)17-30-24-8-4-1-5-21(24)20-13-14-27(25(29)15-20)22-6-2-3-7-23(22)28/h1,4-5,8-15,22-23,28H,2-3,6-7,17H2/t22-,23-/m0/s1. The topological polar surface area (TPSA) is 75.2 Å². The molecule has 1 saturated carbocycles. The second-order valence-corrected chi connectivity index (χ2v) is 7.67. The first kappa shape index (κ1) is 19.9. The zero-order valence-corrected chi connectivity index (χ0v) is 16.7. The summed E-state index contributed by atoms with van der Waals surface area (Å²) in [6.07, 6.45) is 4.92. The zero-order valence-electron chi connectivity index (χ0n) is 16.7. The van der Waals surface area contributed by atoms with E-state index in [1.165, 1.54) is 0 Å². The summed E-state index contributed by atoms with van der Waals surface area (Å²) in [4.78, 5) is 12.8. The zero-order chi connectivity index (χ0) is 20.9. The van der Waals surface area contributed by atoms with Crippen LogP contribution in [0.15, 0.2) is 71.7 Å². The van der Waals surface area contributed by atoms with E-state index in [0.717, 1.165) is 42.4 Å². The summed E-state index contributed by atoms with van der Waals surface area (Å²) in [7, 11) is 0. The number of aliphatic hydroxyl groups is 1. The van der Waals surface area contributed by atoms with E-state index in [-0.39, 0.29) is 11.6 Å². The number of hydrogen-bond donors (Lipinski definition) is 1. The van der Waals surface area contributed by atoms with Gasteiger partial charge in [0.15, 0.2) is 0 Å². The van der Waals surface area contributed by atoms with Crippen molar-refractivity contribution in [2.24, 2.45) is 0 Å². The maximum atomic E-state index is 12.8. The summed E-state index contributed by atoms with van der Waals surface area (Å²) in [5, 5.41) is 19.2. The lowest BCUT2D eigenvalue weighted by Gasteiger charge is -2.29. The molecule has 2 atom stereocenters. The second kappa shape index (κ2) is 8.98. The number of benzene rings is 2. The van der Waals surface area contributed by atoms with Crippen LogP contribution in [0.1, 0.15) is 42.9 Å². The summed E-state index contributed by atoms with van der Waals surface area (Å²) < 4.78 is 7.68. The molecule has 1 aliphatic carbocycles. The normalized spacial score (nSPS) is 18.5. The summed E-state index contributed by atoms with van der Waals surface area (Å²) in [5.41, 5.74) is 3.10. The van der Waals surface area contributed by atoms with Gasteiger partial charge in [-0.2, -0.15) is 5.26 Å². The summed E-state index contributed by atoms with van der Waals surface area (Å²) in [5.74, 6) is 0.691. The van der Waals surface area contributed by atoms with E-state index in [9.17, 15) is 9.90 Å². The van der Waals surface area contributed by atoms with Crippen LogP contribution in [0.2, 0.25) is 0 Å². The van der Waals surface area contributed by atoms with E-state index in [2.05, 4.69) is 6.07 Å². The number of hydrogen-bond acceptors (Lipinski definition) is 4. The molecular weight excluding hydrogens is 376 g/mol. The van der Waals surface area contributed by atoms with Crippen molar-refractivity contribution < 1.29 is 9.84 Å². The Morgan fingerprint density at radius 3 is 2.57 bits per heavy atom. The molecule has 1 heterocycles. The third-order valence-electron chi connectivity index (χ3n) is 5.67. The lowest BCUT2D eigenvalue weighted by atomic mass is 9.92. The summed E-state index contributed by atoms with van der Waals surface area (Å²) >= 11 is 0. The van der Waals surface area contributed by atoms with Crippen molar-refractivity contribution >= 4 is 0 Å². The van der Waals surface area contributed by atoms with Crippen LogP contribution in [0.3, 0.4) is 0 Å². The third-order valence-corrected chi connectivity index (χ3v) is 5.67. The molecule has 30 heavy (non-hydrogen) atoms. The van der Waals surface area contributed by atoms with Crippen molar-refractivity contribution in [1.29, 1.82) is 5.26 Å². The smallest absolute Gasteiger partial charge is 0.251 e. The highest BCUT2D eigenvalue weighted by Gasteiger charge is 2.25. The number of rotatable bonds is 5. The predicted octanol–water partition coefficient (Wildman–Crippen LogP) is 4.44. The molecule has 152 valence electrons. The first-order valence-electron chi connectivity index (χ1n) is 10.3. The van der Waals surface area contributed by atoms with Crippen LogP contribution in [0.4, 0.5) is 0 Å². The van der Waals surface area contributed by atoms with Gasteiger partial charge in [-0.15, -0.1) is 0 Å². The molecule has 0 saturated heterocycles. The summed E-state index contributed by atoms with van der Waals surface area (Å²) in [6, 6.07) is 20.4. The Labute approximate surface area is 175 Å². The Morgan fingerprint density at radius 2 is 1.83 bits per heavy atom. The molecule has 0 bridgehead atoms. The maximum absolute atomic E-state index is 12.8. The second-order valence-electron chi connectivity index (χ2n) is 7.67. The SMILES string of the molecule is N#Cc1ccc(COc2ccccc2-c2ccn([C@H]3CCCC[C@@H]3O)c(=O)c2)cc1. The van der Waals surface area contributed by atoms with Crippen molar-refractivity contribution in [3.05, 3.63) is 88.3 Å². The number of para-hydroxylation sites is 1. The molecule has 3 aromatic rings. The molecule has 0 unspecified atom stereocenters. The van der Waals surface area contributed by atoms with Gasteiger partial charge < -0.3 is 14.4 Å². The number of nitrogens with zero attached hydrogens (tertiary/aromatic N) is 2. The molecule has 5 nitrogen and oxygen atoms in total. The number of nitriles is 1. The largest absolute Gasteiger partial charge is 0.488 e.